The Kier molecular flexibility index (Phi) is 7.03. The molecule has 1 aliphatic rings. The molecular formula is C27H31N3O4S. The molecule has 0 bridgehead atoms. The van der Waals surface area contributed by atoms with Gasteiger partial charge in [0.15, 0.2) is 0 Å². The molecule has 1 saturated heterocycles. The van der Waals surface area contributed by atoms with Crippen LogP contribution in [0.2, 0.25) is 0 Å². The van der Waals surface area contributed by atoms with Gasteiger partial charge >= 0.3 is 0 Å². The molecule has 35 heavy (non-hydrogen) atoms. The number of hydrogen-bond donors (Lipinski definition) is 1. The van der Waals surface area contributed by atoms with E-state index in [2.05, 4.69) is 9.62 Å². The number of ether oxygens (including phenoxy) is 1. The number of sulfonamides is 1. The van der Waals surface area contributed by atoms with E-state index in [0.29, 0.717) is 43.0 Å². The van der Waals surface area contributed by atoms with Crippen LogP contribution in [0.4, 0.5) is 11.4 Å². The van der Waals surface area contributed by atoms with E-state index >= 15 is 0 Å². The quantitative estimate of drug-likeness (QED) is 0.551. The Balaban J connectivity index is 1.48. The predicted molar refractivity (Wildman–Crippen MR) is 139 cm³/mol. The van der Waals surface area contributed by atoms with Crippen LogP contribution < -0.4 is 14.4 Å². The molecule has 184 valence electrons. The number of aryl methyl sites for hydroxylation is 3. The second-order valence-corrected chi connectivity index (χ2v) is 10.5. The van der Waals surface area contributed by atoms with Crippen molar-refractivity contribution < 1.29 is 17.9 Å². The van der Waals surface area contributed by atoms with Crippen molar-refractivity contribution in [3.63, 3.8) is 0 Å². The minimum absolute atomic E-state index is 0.111. The summed E-state index contributed by atoms with van der Waals surface area (Å²) < 4.78 is 34.3. The van der Waals surface area contributed by atoms with Crippen LogP contribution in [0.1, 0.15) is 27.0 Å². The molecule has 7 nitrogen and oxygen atoms in total. The molecule has 0 spiro atoms. The van der Waals surface area contributed by atoms with Crippen LogP contribution in [0.15, 0.2) is 65.6 Å². The summed E-state index contributed by atoms with van der Waals surface area (Å²) in [7, 11) is -2.22. The Hall–Kier alpha value is -3.52. The highest BCUT2D eigenvalue weighted by molar-refractivity contribution is 7.92. The van der Waals surface area contributed by atoms with E-state index in [0.717, 1.165) is 22.6 Å². The predicted octanol–water partition coefficient (Wildman–Crippen LogP) is 4.38. The lowest BCUT2D eigenvalue weighted by molar-refractivity contribution is 0.0746. The largest absolute Gasteiger partial charge is 0.497 e. The van der Waals surface area contributed by atoms with Gasteiger partial charge in [0.25, 0.3) is 15.9 Å². The molecule has 1 fully saturated rings. The molecule has 0 aliphatic carbocycles. The number of nitrogens with zero attached hydrogens (tertiary/aromatic N) is 2. The summed E-state index contributed by atoms with van der Waals surface area (Å²) in [6.07, 6.45) is 0. The van der Waals surface area contributed by atoms with Crippen molar-refractivity contribution in [1.82, 2.24) is 4.90 Å². The van der Waals surface area contributed by atoms with Crippen LogP contribution in [-0.2, 0) is 10.0 Å². The molecule has 0 saturated carbocycles. The summed E-state index contributed by atoms with van der Waals surface area (Å²) in [4.78, 5) is 17.4. The number of piperazine rings is 1. The normalized spacial score (nSPS) is 14.1. The van der Waals surface area contributed by atoms with Gasteiger partial charge in [-0.25, -0.2) is 8.42 Å². The SMILES string of the molecule is COc1ccc(N2CCN(C(=O)c3ccc(C)c(S(=O)(=O)Nc4ccc(C)cc4C)c3)CC2)cc1. The van der Waals surface area contributed by atoms with Crippen LogP contribution in [-0.4, -0.2) is 52.5 Å². The van der Waals surface area contributed by atoms with Crippen LogP contribution in [0.5, 0.6) is 5.75 Å². The van der Waals surface area contributed by atoms with Crippen LogP contribution in [0.25, 0.3) is 0 Å². The van der Waals surface area contributed by atoms with Crippen molar-refractivity contribution in [3.8, 4) is 5.75 Å². The standard InChI is InChI=1S/C27H31N3O4S/c1-19-5-12-25(21(3)17-19)28-35(32,33)26-18-22(7-6-20(26)2)27(31)30-15-13-29(14-16-30)23-8-10-24(34-4)11-9-23/h5-12,17-18,28H,13-16H2,1-4H3. The van der Waals surface area contributed by atoms with E-state index < -0.39 is 10.0 Å². The summed E-state index contributed by atoms with van der Waals surface area (Å²) in [5, 5.41) is 0. The van der Waals surface area contributed by atoms with Crippen molar-refractivity contribution in [2.24, 2.45) is 0 Å². The highest BCUT2D eigenvalue weighted by Gasteiger charge is 2.25. The molecule has 4 rings (SSSR count). The molecule has 1 heterocycles. The van der Waals surface area contributed by atoms with Gasteiger partial charge in [0, 0.05) is 37.4 Å². The molecule has 1 amide bonds. The maximum Gasteiger partial charge on any atom is 0.262 e. The highest BCUT2D eigenvalue weighted by Crippen LogP contribution is 2.25. The number of benzene rings is 3. The van der Waals surface area contributed by atoms with Gasteiger partial charge in [0.2, 0.25) is 0 Å². The fourth-order valence-electron chi connectivity index (χ4n) is 4.29. The van der Waals surface area contributed by atoms with Crippen molar-refractivity contribution in [2.45, 2.75) is 25.7 Å². The molecule has 0 radical (unpaired) electrons. The summed E-state index contributed by atoms with van der Waals surface area (Å²) in [5.74, 6) is 0.641. The van der Waals surface area contributed by atoms with Crippen LogP contribution in [0.3, 0.4) is 0 Å². The lowest BCUT2D eigenvalue weighted by Gasteiger charge is -2.36. The fourth-order valence-corrected chi connectivity index (χ4v) is 5.70. The molecule has 1 N–H and O–H groups in total. The maximum atomic E-state index is 13.2. The first kappa shape index (κ1) is 24.6. The van der Waals surface area contributed by atoms with Gasteiger partial charge < -0.3 is 14.5 Å². The van der Waals surface area contributed by atoms with E-state index in [1.54, 1.807) is 37.1 Å². The van der Waals surface area contributed by atoms with Crippen molar-refractivity contribution in [2.75, 3.05) is 42.9 Å². The Morgan fingerprint density at radius 2 is 1.54 bits per heavy atom. The minimum atomic E-state index is -3.86. The number of methoxy groups -OCH3 is 1. The Bertz CT molecular complexity index is 1330. The second kappa shape index (κ2) is 10.00. The van der Waals surface area contributed by atoms with Gasteiger partial charge in [-0.1, -0.05) is 23.8 Å². The summed E-state index contributed by atoms with van der Waals surface area (Å²) in [5.41, 5.74) is 4.47. The molecule has 8 heteroatoms. The van der Waals surface area contributed by atoms with Crippen molar-refractivity contribution in [1.29, 1.82) is 0 Å². The Labute approximate surface area is 207 Å². The van der Waals surface area contributed by atoms with Gasteiger partial charge in [-0.05, 0) is 74.4 Å². The average Bonchev–Trinajstić information content (AvgIpc) is 2.85. The van der Waals surface area contributed by atoms with E-state index in [1.807, 2.05) is 50.2 Å². The van der Waals surface area contributed by atoms with Gasteiger partial charge in [0.05, 0.1) is 17.7 Å². The smallest absolute Gasteiger partial charge is 0.262 e. The van der Waals surface area contributed by atoms with E-state index in [-0.39, 0.29) is 10.8 Å². The second-order valence-electron chi connectivity index (χ2n) is 8.88. The number of rotatable bonds is 6. The molecular weight excluding hydrogens is 462 g/mol. The summed E-state index contributed by atoms with van der Waals surface area (Å²) in [6, 6.07) is 18.3. The highest BCUT2D eigenvalue weighted by atomic mass is 32.2. The number of carbonyl (C=O) groups is 1. The van der Waals surface area contributed by atoms with Crippen molar-refractivity contribution >= 4 is 27.3 Å². The number of hydrogen-bond acceptors (Lipinski definition) is 5. The van der Waals surface area contributed by atoms with Gasteiger partial charge in [-0.15, -0.1) is 0 Å². The zero-order chi connectivity index (χ0) is 25.2. The third-order valence-electron chi connectivity index (χ3n) is 6.36. The zero-order valence-corrected chi connectivity index (χ0v) is 21.4. The molecule has 0 unspecified atom stereocenters. The average molecular weight is 494 g/mol. The first-order chi connectivity index (χ1) is 16.7. The van der Waals surface area contributed by atoms with E-state index in [4.69, 9.17) is 4.74 Å². The fraction of sp³-hybridized carbons (Fsp3) is 0.296. The minimum Gasteiger partial charge on any atom is -0.497 e. The van der Waals surface area contributed by atoms with Crippen molar-refractivity contribution in [3.05, 3.63) is 82.9 Å². The first-order valence-corrected chi connectivity index (χ1v) is 13.1. The number of amides is 1. The third kappa shape index (κ3) is 5.43. The zero-order valence-electron chi connectivity index (χ0n) is 20.5. The number of nitrogens with one attached hydrogen (secondary N) is 1. The molecule has 1 aliphatic heterocycles. The summed E-state index contributed by atoms with van der Waals surface area (Å²) in [6.45, 7) is 8.07. The first-order valence-electron chi connectivity index (χ1n) is 11.6. The number of carbonyl (C=O) groups excluding carboxylic acids is 1. The third-order valence-corrected chi connectivity index (χ3v) is 7.86. The van der Waals surface area contributed by atoms with E-state index in [9.17, 15) is 13.2 Å². The lowest BCUT2D eigenvalue weighted by Crippen LogP contribution is -2.48. The summed E-state index contributed by atoms with van der Waals surface area (Å²) >= 11 is 0. The Morgan fingerprint density at radius 3 is 2.17 bits per heavy atom. The molecule has 0 atom stereocenters. The van der Waals surface area contributed by atoms with Crippen LogP contribution >= 0.6 is 0 Å². The van der Waals surface area contributed by atoms with Gasteiger partial charge in [-0.3, -0.25) is 9.52 Å². The number of anilines is 2. The molecule has 0 aromatic heterocycles. The van der Waals surface area contributed by atoms with E-state index in [1.165, 1.54) is 6.07 Å². The Morgan fingerprint density at radius 1 is 0.857 bits per heavy atom. The van der Waals surface area contributed by atoms with Gasteiger partial charge in [0.1, 0.15) is 5.75 Å². The maximum absolute atomic E-state index is 13.2. The molecule has 3 aromatic rings. The van der Waals surface area contributed by atoms with Crippen LogP contribution in [0, 0.1) is 20.8 Å². The topological polar surface area (TPSA) is 79.0 Å². The lowest BCUT2D eigenvalue weighted by atomic mass is 10.1. The molecule has 3 aromatic carbocycles. The monoisotopic (exact) mass is 493 g/mol. The van der Waals surface area contributed by atoms with Gasteiger partial charge in [-0.2, -0.15) is 0 Å².